The summed E-state index contributed by atoms with van der Waals surface area (Å²) in [4.78, 5) is 12.1. The molecule has 1 amide bonds. The molecule has 1 aliphatic heterocycles. The fraction of sp³-hybridized carbons (Fsp3) is 0.917. The highest BCUT2D eigenvalue weighted by atomic mass is 16.2. The predicted octanol–water partition coefficient (Wildman–Crippen LogP) is 1.43. The van der Waals surface area contributed by atoms with Gasteiger partial charge in [0, 0.05) is 6.04 Å². The van der Waals surface area contributed by atoms with E-state index in [-0.39, 0.29) is 11.4 Å². The molecular formula is C12H22N2O. The number of carbonyl (C=O) groups is 1. The van der Waals surface area contributed by atoms with Crippen molar-refractivity contribution in [2.75, 3.05) is 6.54 Å². The van der Waals surface area contributed by atoms with Crippen LogP contribution in [0.15, 0.2) is 0 Å². The Morgan fingerprint density at radius 2 is 2.20 bits per heavy atom. The van der Waals surface area contributed by atoms with Crippen molar-refractivity contribution < 1.29 is 4.79 Å². The number of carbonyl (C=O) groups excluding carboxylic acids is 1. The molecule has 2 rings (SSSR count). The molecule has 0 aromatic rings. The molecule has 0 aromatic carbocycles. The van der Waals surface area contributed by atoms with E-state index in [1.165, 1.54) is 19.3 Å². The first-order valence-electron chi connectivity index (χ1n) is 6.18. The molecule has 0 bridgehead atoms. The minimum absolute atomic E-state index is 0.196. The van der Waals surface area contributed by atoms with Gasteiger partial charge >= 0.3 is 0 Å². The van der Waals surface area contributed by atoms with E-state index in [4.69, 9.17) is 0 Å². The molecule has 0 radical (unpaired) electrons. The minimum atomic E-state index is -0.318. The van der Waals surface area contributed by atoms with Crippen molar-refractivity contribution in [2.45, 2.75) is 57.5 Å². The van der Waals surface area contributed by atoms with Gasteiger partial charge in [-0.15, -0.1) is 0 Å². The molecule has 86 valence electrons. The highest BCUT2D eigenvalue weighted by Crippen LogP contribution is 2.32. The summed E-state index contributed by atoms with van der Waals surface area (Å²) < 4.78 is 0. The summed E-state index contributed by atoms with van der Waals surface area (Å²) >= 11 is 0. The van der Waals surface area contributed by atoms with Crippen LogP contribution < -0.4 is 10.6 Å². The molecule has 15 heavy (non-hydrogen) atoms. The van der Waals surface area contributed by atoms with Crippen molar-refractivity contribution in [2.24, 2.45) is 5.92 Å². The van der Waals surface area contributed by atoms with Crippen LogP contribution in [0, 0.1) is 5.92 Å². The van der Waals surface area contributed by atoms with Crippen LogP contribution in [0.3, 0.4) is 0 Å². The maximum atomic E-state index is 12.1. The molecule has 3 heteroatoms. The van der Waals surface area contributed by atoms with Gasteiger partial charge in [-0.1, -0.05) is 0 Å². The number of hydrogen-bond donors (Lipinski definition) is 2. The van der Waals surface area contributed by atoms with Gasteiger partial charge in [-0.3, -0.25) is 4.79 Å². The lowest BCUT2D eigenvalue weighted by Gasteiger charge is -2.34. The Hall–Kier alpha value is -0.570. The lowest BCUT2D eigenvalue weighted by Crippen LogP contribution is -2.58. The summed E-state index contributed by atoms with van der Waals surface area (Å²) in [6.45, 7) is 5.13. The third-order valence-corrected chi connectivity index (χ3v) is 3.81. The molecule has 1 saturated heterocycles. The average molecular weight is 210 g/mol. The summed E-state index contributed by atoms with van der Waals surface area (Å²) in [7, 11) is 0. The van der Waals surface area contributed by atoms with Gasteiger partial charge in [0.2, 0.25) is 5.91 Å². The first-order chi connectivity index (χ1) is 7.12. The van der Waals surface area contributed by atoms with Crippen LogP contribution >= 0.6 is 0 Å². The van der Waals surface area contributed by atoms with E-state index in [1.54, 1.807) is 0 Å². The van der Waals surface area contributed by atoms with Crippen LogP contribution in [-0.4, -0.2) is 24.0 Å². The Kier molecular flexibility index (Phi) is 3.01. The summed E-state index contributed by atoms with van der Waals surface area (Å²) in [5.74, 6) is 0.933. The van der Waals surface area contributed by atoms with E-state index in [1.807, 2.05) is 6.92 Å². The SMILES string of the molecule is CC(NC(=O)C1(C)CCCCN1)C1CC1. The number of nitrogens with one attached hydrogen (secondary N) is 2. The number of rotatable bonds is 3. The van der Waals surface area contributed by atoms with E-state index in [9.17, 15) is 4.79 Å². The zero-order chi connectivity index (χ0) is 10.9. The van der Waals surface area contributed by atoms with Crippen molar-refractivity contribution in [3.63, 3.8) is 0 Å². The third kappa shape index (κ3) is 2.51. The molecule has 3 nitrogen and oxygen atoms in total. The quantitative estimate of drug-likeness (QED) is 0.740. The van der Waals surface area contributed by atoms with Crippen molar-refractivity contribution in [1.29, 1.82) is 0 Å². The van der Waals surface area contributed by atoms with E-state index in [0.29, 0.717) is 6.04 Å². The molecule has 0 aromatic heterocycles. The van der Waals surface area contributed by atoms with Gasteiger partial charge in [0.05, 0.1) is 5.54 Å². The summed E-state index contributed by atoms with van der Waals surface area (Å²) in [6, 6.07) is 0.359. The van der Waals surface area contributed by atoms with Gasteiger partial charge in [-0.25, -0.2) is 0 Å². The third-order valence-electron chi connectivity index (χ3n) is 3.81. The summed E-state index contributed by atoms with van der Waals surface area (Å²) in [5, 5.41) is 6.50. The molecule has 2 atom stereocenters. The summed E-state index contributed by atoms with van der Waals surface area (Å²) in [5.41, 5.74) is -0.318. The lowest BCUT2D eigenvalue weighted by molar-refractivity contribution is -0.128. The van der Waals surface area contributed by atoms with E-state index >= 15 is 0 Å². The van der Waals surface area contributed by atoms with Gasteiger partial charge in [0.1, 0.15) is 0 Å². The number of amides is 1. The van der Waals surface area contributed by atoms with Crippen LogP contribution in [0.25, 0.3) is 0 Å². The minimum Gasteiger partial charge on any atom is -0.352 e. The Morgan fingerprint density at radius 1 is 1.47 bits per heavy atom. The maximum absolute atomic E-state index is 12.1. The fourth-order valence-corrected chi connectivity index (χ4v) is 2.33. The molecule has 0 spiro atoms. The van der Waals surface area contributed by atoms with Gasteiger partial charge in [0.15, 0.2) is 0 Å². The van der Waals surface area contributed by atoms with Crippen LogP contribution in [0.5, 0.6) is 0 Å². The van der Waals surface area contributed by atoms with Crippen LogP contribution in [0.2, 0.25) is 0 Å². The second-order valence-electron chi connectivity index (χ2n) is 5.32. The van der Waals surface area contributed by atoms with Crippen molar-refractivity contribution in [3.8, 4) is 0 Å². The Labute approximate surface area is 92.0 Å². The van der Waals surface area contributed by atoms with Crippen LogP contribution in [0.1, 0.15) is 46.0 Å². The fourth-order valence-electron chi connectivity index (χ4n) is 2.33. The maximum Gasteiger partial charge on any atom is 0.240 e. The number of piperidine rings is 1. The Morgan fingerprint density at radius 3 is 2.73 bits per heavy atom. The standard InChI is InChI=1S/C12H22N2O/c1-9(10-5-6-10)14-11(15)12(2)7-3-4-8-13-12/h9-10,13H,3-8H2,1-2H3,(H,14,15). The Balaban J connectivity index is 1.87. The van der Waals surface area contributed by atoms with Crippen molar-refractivity contribution in [1.82, 2.24) is 10.6 Å². The molecule has 2 fully saturated rings. The predicted molar refractivity (Wildman–Crippen MR) is 60.6 cm³/mol. The van der Waals surface area contributed by atoms with Crippen LogP contribution in [0.4, 0.5) is 0 Å². The van der Waals surface area contributed by atoms with E-state index in [2.05, 4.69) is 17.6 Å². The van der Waals surface area contributed by atoms with Gasteiger partial charge in [-0.2, -0.15) is 0 Å². The van der Waals surface area contributed by atoms with Gasteiger partial charge < -0.3 is 10.6 Å². The monoisotopic (exact) mass is 210 g/mol. The topological polar surface area (TPSA) is 41.1 Å². The molecule has 1 saturated carbocycles. The zero-order valence-corrected chi connectivity index (χ0v) is 9.81. The summed E-state index contributed by atoms with van der Waals surface area (Å²) in [6.07, 6.45) is 5.89. The lowest BCUT2D eigenvalue weighted by atomic mass is 9.89. The largest absolute Gasteiger partial charge is 0.352 e. The molecule has 2 N–H and O–H groups in total. The van der Waals surface area contributed by atoms with Crippen molar-refractivity contribution in [3.05, 3.63) is 0 Å². The zero-order valence-electron chi connectivity index (χ0n) is 9.81. The first-order valence-corrected chi connectivity index (χ1v) is 6.18. The smallest absolute Gasteiger partial charge is 0.240 e. The second kappa shape index (κ2) is 4.12. The van der Waals surface area contributed by atoms with E-state index < -0.39 is 0 Å². The highest BCUT2D eigenvalue weighted by Gasteiger charge is 2.37. The van der Waals surface area contributed by atoms with E-state index in [0.717, 1.165) is 25.3 Å². The van der Waals surface area contributed by atoms with Gasteiger partial charge in [0.25, 0.3) is 0 Å². The number of hydrogen-bond acceptors (Lipinski definition) is 2. The highest BCUT2D eigenvalue weighted by molar-refractivity contribution is 5.86. The molecule has 2 aliphatic rings. The Bertz CT molecular complexity index is 242. The van der Waals surface area contributed by atoms with Gasteiger partial charge in [-0.05, 0) is 58.4 Å². The molecule has 1 heterocycles. The van der Waals surface area contributed by atoms with Crippen molar-refractivity contribution >= 4 is 5.91 Å². The van der Waals surface area contributed by atoms with Crippen LogP contribution in [-0.2, 0) is 4.79 Å². The first kappa shape index (κ1) is 10.9. The molecule has 2 unspecified atom stereocenters. The average Bonchev–Trinajstić information content (AvgIpc) is 3.01. The second-order valence-corrected chi connectivity index (χ2v) is 5.32. The normalized spacial score (nSPS) is 33.5. The molecular weight excluding hydrogens is 188 g/mol. The molecule has 1 aliphatic carbocycles.